The highest BCUT2D eigenvalue weighted by atomic mass is 35.5. The SMILES string of the molecule is CCN(CC)C(=O)C1=C(C)N=c2s/c(=C\c3ccc(Sc4ccc(C)cc4)c([N+](=O)[O-])c3)c(=O)n2[C@@H]1c1ccc(Cl)cc1. The maximum atomic E-state index is 14.0. The number of likely N-dealkylation sites (N-methyl/N-ethyl adjacent to an activating group) is 1. The van der Waals surface area contributed by atoms with E-state index in [0.717, 1.165) is 16.0 Å². The Kier molecular flexibility index (Phi) is 9.00. The third-order valence-corrected chi connectivity index (χ3v) is 9.52. The molecule has 2 heterocycles. The zero-order valence-electron chi connectivity index (χ0n) is 24.0. The van der Waals surface area contributed by atoms with Crippen molar-refractivity contribution in [3.63, 3.8) is 0 Å². The number of hydrogen-bond acceptors (Lipinski definition) is 7. The van der Waals surface area contributed by atoms with Crippen molar-refractivity contribution in [1.82, 2.24) is 9.47 Å². The first-order valence-electron chi connectivity index (χ1n) is 13.7. The van der Waals surface area contributed by atoms with Crippen molar-refractivity contribution in [2.45, 2.75) is 43.5 Å². The maximum absolute atomic E-state index is 14.0. The lowest BCUT2D eigenvalue weighted by Crippen LogP contribution is -2.43. The Balaban J connectivity index is 1.62. The summed E-state index contributed by atoms with van der Waals surface area (Å²) in [6.07, 6.45) is 1.64. The molecule has 220 valence electrons. The standard InChI is InChI=1S/C32H29ClN4O4S2/c1-5-35(6-2)31(39)28-20(4)34-32-36(29(28)22-10-12-23(33)13-11-22)30(38)27(43-32)18-21-9-16-26(25(17-21)37(40)41)42-24-14-7-19(3)8-15-24/h7-18,29H,5-6H2,1-4H3/b27-18-/t29-/m1/s1. The van der Waals surface area contributed by atoms with Crippen molar-refractivity contribution in [3.8, 4) is 0 Å². The molecular weight excluding hydrogens is 604 g/mol. The van der Waals surface area contributed by atoms with Crippen LogP contribution in [-0.4, -0.2) is 33.4 Å². The topological polar surface area (TPSA) is 97.8 Å². The van der Waals surface area contributed by atoms with Gasteiger partial charge in [0.1, 0.15) is 0 Å². The van der Waals surface area contributed by atoms with E-state index in [0.29, 0.717) is 49.2 Å². The number of halogens is 1. The number of rotatable bonds is 8. The van der Waals surface area contributed by atoms with E-state index >= 15 is 0 Å². The predicted molar refractivity (Wildman–Crippen MR) is 172 cm³/mol. The Morgan fingerprint density at radius 3 is 2.40 bits per heavy atom. The van der Waals surface area contributed by atoms with E-state index in [2.05, 4.69) is 4.99 Å². The van der Waals surface area contributed by atoms with Crippen LogP contribution in [0, 0.1) is 17.0 Å². The van der Waals surface area contributed by atoms with Gasteiger partial charge in [-0.15, -0.1) is 0 Å². The quantitative estimate of drug-likeness (QED) is 0.172. The van der Waals surface area contributed by atoms with Gasteiger partial charge in [0.25, 0.3) is 17.2 Å². The molecule has 0 unspecified atom stereocenters. The monoisotopic (exact) mass is 632 g/mol. The smallest absolute Gasteiger partial charge is 0.283 e. The maximum Gasteiger partial charge on any atom is 0.283 e. The van der Waals surface area contributed by atoms with Crippen LogP contribution in [-0.2, 0) is 4.79 Å². The normalized spacial score (nSPS) is 14.8. The van der Waals surface area contributed by atoms with E-state index in [9.17, 15) is 19.7 Å². The molecule has 4 aromatic rings. The van der Waals surface area contributed by atoms with Crippen LogP contribution in [0.4, 0.5) is 5.69 Å². The first-order chi connectivity index (χ1) is 20.6. The average molecular weight is 633 g/mol. The summed E-state index contributed by atoms with van der Waals surface area (Å²) in [6.45, 7) is 8.62. The molecule has 1 aliphatic heterocycles. The summed E-state index contributed by atoms with van der Waals surface area (Å²) in [6, 6.07) is 19.1. The van der Waals surface area contributed by atoms with Gasteiger partial charge in [0.05, 0.1) is 31.7 Å². The summed E-state index contributed by atoms with van der Waals surface area (Å²) in [4.78, 5) is 47.5. The molecule has 0 saturated heterocycles. The summed E-state index contributed by atoms with van der Waals surface area (Å²) in [5.41, 5.74) is 2.94. The van der Waals surface area contributed by atoms with Gasteiger partial charge in [-0.3, -0.25) is 24.3 Å². The highest BCUT2D eigenvalue weighted by Gasteiger charge is 2.34. The molecule has 3 aromatic carbocycles. The summed E-state index contributed by atoms with van der Waals surface area (Å²) in [5, 5.41) is 12.6. The van der Waals surface area contributed by atoms with Crippen LogP contribution in [0.2, 0.25) is 5.02 Å². The van der Waals surface area contributed by atoms with Gasteiger partial charge in [0, 0.05) is 29.1 Å². The number of nitro benzene ring substituents is 1. The fraction of sp³-hybridized carbons (Fsp3) is 0.219. The Hall–Kier alpha value is -3.99. The van der Waals surface area contributed by atoms with E-state index in [1.165, 1.54) is 29.2 Å². The first kappa shape index (κ1) is 30.5. The molecule has 43 heavy (non-hydrogen) atoms. The van der Waals surface area contributed by atoms with Crippen LogP contribution in [0.25, 0.3) is 6.08 Å². The molecule has 1 aliphatic rings. The van der Waals surface area contributed by atoms with E-state index < -0.39 is 11.0 Å². The minimum atomic E-state index is -0.702. The zero-order chi connectivity index (χ0) is 30.8. The predicted octanol–water partition coefficient (Wildman–Crippen LogP) is 6.12. The number of benzene rings is 3. The van der Waals surface area contributed by atoms with Crippen molar-refractivity contribution in [2.75, 3.05) is 13.1 Å². The van der Waals surface area contributed by atoms with E-state index in [4.69, 9.17) is 11.6 Å². The van der Waals surface area contributed by atoms with Gasteiger partial charge in [0.2, 0.25) is 0 Å². The fourth-order valence-electron chi connectivity index (χ4n) is 4.97. The molecule has 8 nitrogen and oxygen atoms in total. The summed E-state index contributed by atoms with van der Waals surface area (Å²) in [7, 11) is 0. The largest absolute Gasteiger partial charge is 0.339 e. The lowest BCUT2D eigenvalue weighted by molar-refractivity contribution is -0.387. The van der Waals surface area contributed by atoms with Crippen LogP contribution in [0.15, 0.2) is 97.6 Å². The molecule has 11 heteroatoms. The van der Waals surface area contributed by atoms with Gasteiger partial charge in [-0.2, -0.15) is 0 Å². The molecule has 1 amide bonds. The van der Waals surface area contributed by atoms with Crippen molar-refractivity contribution >= 4 is 52.4 Å². The van der Waals surface area contributed by atoms with Crippen LogP contribution in [0.1, 0.15) is 43.5 Å². The van der Waals surface area contributed by atoms with Crippen molar-refractivity contribution in [3.05, 3.63) is 130 Å². The minimum Gasteiger partial charge on any atom is -0.339 e. The molecule has 0 bridgehead atoms. The van der Waals surface area contributed by atoms with Gasteiger partial charge in [-0.05, 0) is 75.2 Å². The first-order valence-corrected chi connectivity index (χ1v) is 15.7. The van der Waals surface area contributed by atoms with Crippen LogP contribution in [0.5, 0.6) is 0 Å². The molecule has 1 atom stereocenters. The Bertz CT molecular complexity index is 1930. The number of thiazole rings is 1. The highest BCUT2D eigenvalue weighted by Crippen LogP contribution is 2.36. The molecule has 1 aromatic heterocycles. The third kappa shape index (κ3) is 6.22. The number of amides is 1. The van der Waals surface area contributed by atoms with Gasteiger partial charge in [-0.1, -0.05) is 70.6 Å². The summed E-state index contributed by atoms with van der Waals surface area (Å²) in [5.74, 6) is -0.183. The molecule has 0 saturated carbocycles. The molecule has 0 fully saturated rings. The van der Waals surface area contributed by atoms with Gasteiger partial charge in [-0.25, -0.2) is 4.99 Å². The van der Waals surface area contributed by atoms with E-state index in [1.54, 1.807) is 46.7 Å². The highest BCUT2D eigenvalue weighted by molar-refractivity contribution is 7.99. The number of nitro groups is 1. The van der Waals surface area contributed by atoms with Gasteiger partial charge in [0.15, 0.2) is 4.80 Å². The minimum absolute atomic E-state index is 0.0471. The number of nitrogens with zero attached hydrogens (tertiary/aromatic N) is 4. The van der Waals surface area contributed by atoms with Gasteiger partial charge < -0.3 is 4.90 Å². The number of aryl methyl sites for hydroxylation is 1. The molecule has 0 N–H and O–H groups in total. The van der Waals surface area contributed by atoms with Crippen LogP contribution < -0.4 is 14.9 Å². The van der Waals surface area contributed by atoms with Crippen molar-refractivity contribution < 1.29 is 9.72 Å². The Morgan fingerprint density at radius 1 is 1.09 bits per heavy atom. The number of carbonyl (C=O) groups is 1. The summed E-state index contributed by atoms with van der Waals surface area (Å²) < 4.78 is 1.90. The second kappa shape index (κ2) is 12.7. The Labute approximate surface area is 261 Å². The zero-order valence-corrected chi connectivity index (χ0v) is 26.4. The van der Waals surface area contributed by atoms with E-state index in [-0.39, 0.29) is 17.2 Å². The van der Waals surface area contributed by atoms with Crippen molar-refractivity contribution in [2.24, 2.45) is 4.99 Å². The molecule has 5 rings (SSSR count). The molecular formula is C32H29ClN4O4S2. The fourth-order valence-corrected chi connectivity index (χ4v) is 7.05. The molecule has 0 aliphatic carbocycles. The molecule has 0 spiro atoms. The number of allylic oxidation sites excluding steroid dienone is 1. The lowest BCUT2D eigenvalue weighted by Gasteiger charge is -2.29. The second-order valence-corrected chi connectivity index (χ2v) is 12.6. The van der Waals surface area contributed by atoms with Crippen molar-refractivity contribution in [1.29, 1.82) is 0 Å². The Morgan fingerprint density at radius 2 is 1.77 bits per heavy atom. The van der Waals surface area contributed by atoms with Gasteiger partial charge >= 0.3 is 0 Å². The lowest BCUT2D eigenvalue weighted by atomic mass is 9.94. The number of hydrogen-bond donors (Lipinski definition) is 0. The molecule has 0 radical (unpaired) electrons. The van der Waals surface area contributed by atoms with Crippen LogP contribution >= 0.6 is 34.7 Å². The van der Waals surface area contributed by atoms with Crippen LogP contribution in [0.3, 0.4) is 0 Å². The number of fused-ring (bicyclic) bond motifs is 1. The average Bonchev–Trinajstić information content (AvgIpc) is 3.29. The number of carbonyl (C=O) groups excluding carboxylic acids is 1. The van der Waals surface area contributed by atoms with E-state index in [1.807, 2.05) is 57.2 Å². The number of aromatic nitrogens is 1. The second-order valence-electron chi connectivity index (χ2n) is 10.0. The summed E-state index contributed by atoms with van der Waals surface area (Å²) >= 11 is 8.67. The third-order valence-electron chi connectivity index (χ3n) is 7.21.